The van der Waals surface area contributed by atoms with Crippen molar-refractivity contribution in [2.75, 3.05) is 0 Å². The van der Waals surface area contributed by atoms with Crippen molar-refractivity contribution in [3.8, 4) is 0 Å². The molecule has 0 saturated carbocycles. The monoisotopic (exact) mass is 1070 g/mol. The van der Waals surface area contributed by atoms with Gasteiger partial charge in [0.15, 0.2) is 0 Å². The molecule has 0 fully saturated rings. The minimum absolute atomic E-state index is 0.251. The Kier molecular flexibility index (Phi) is 16.8. The maximum Gasteiger partial charge on any atom is 0.0588 e. The topological polar surface area (TPSA) is 0 Å². The molecule has 3 aliphatic rings. The van der Waals surface area contributed by atoms with Gasteiger partial charge in [0.25, 0.3) is 0 Å². The van der Waals surface area contributed by atoms with Crippen molar-refractivity contribution in [3.63, 3.8) is 0 Å². The van der Waals surface area contributed by atoms with E-state index in [4.69, 9.17) is 0 Å². The fourth-order valence-corrected chi connectivity index (χ4v) is 9.67. The SMILES string of the molecule is CC(C)c1ccc2c(c1)=C=C=C=C=c1cc(C(C)C)ccc1=C=C=c1c(c3c(c4c1=C=C=c1ccc(C(C)C)cc1=C=C=C=C=c1cc(C(C)C)ccc1=C=C=4)=C=C=c1ccc(C(C)C)cc1=C=C=C=C=c1cc(C(C)C)ccc1=C=C=3)=C=C=2. The molecule has 396 valence electrons. The zero-order valence-electron chi connectivity index (χ0n) is 49.9. The summed E-state index contributed by atoms with van der Waals surface area (Å²) in [7, 11) is 0. The lowest BCUT2D eigenvalue weighted by atomic mass is 10.0. The summed E-state index contributed by atoms with van der Waals surface area (Å²) in [6.07, 6.45) is 0. The molecule has 84 heavy (non-hydrogen) atoms. The maximum absolute atomic E-state index is 3.71. The number of hydrogen-bond acceptors (Lipinski definition) is 0. The van der Waals surface area contributed by atoms with Crippen LogP contribution in [0.2, 0.25) is 0 Å². The third-order valence-electron chi connectivity index (χ3n) is 15.1. The van der Waals surface area contributed by atoms with Gasteiger partial charge in [0.2, 0.25) is 0 Å². The van der Waals surface area contributed by atoms with Gasteiger partial charge in [0.1, 0.15) is 0 Å². The Balaban J connectivity index is 1.81. The van der Waals surface area contributed by atoms with Crippen molar-refractivity contribution in [2.45, 2.75) is 119 Å². The third kappa shape index (κ3) is 12.7. The molecule has 0 aliphatic heterocycles. The molecule has 0 amide bonds. The Bertz CT molecular complexity index is 5080. The van der Waals surface area contributed by atoms with Gasteiger partial charge in [-0.25, -0.2) is 0 Å². The second kappa shape index (κ2) is 25.0. The van der Waals surface area contributed by atoms with Crippen molar-refractivity contribution in [2.24, 2.45) is 0 Å². The zero-order chi connectivity index (χ0) is 59.0. The number of fused-ring (bicyclic) bond motifs is 12. The molecule has 0 spiro atoms. The van der Waals surface area contributed by atoms with Crippen LogP contribution >= 0.6 is 0 Å². The van der Waals surface area contributed by atoms with E-state index in [2.05, 4.69) is 330 Å². The predicted octanol–water partition coefficient (Wildman–Crippen LogP) is 4.43. The van der Waals surface area contributed by atoms with Gasteiger partial charge in [-0.15, -0.1) is 0 Å². The van der Waals surface area contributed by atoms with Crippen LogP contribution in [-0.2, 0) is 0 Å². The molecule has 0 heteroatoms. The second-order valence-corrected chi connectivity index (χ2v) is 23.0. The average molecular weight is 1070 g/mol. The highest BCUT2D eigenvalue weighted by Gasteiger charge is 2.06. The van der Waals surface area contributed by atoms with Gasteiger partial charge in [0.05, 0.1) is 31.3 Å². The molecule has 7 aromatic carbocycles. The van der Waals surface area contributed by atoms with Crippen molar-refractivity contribution >= 4 is 103 Å². The fraction of sp³-hybridized carbons (Fsp3) is 0.214. The van der Waals surface area contributed by atoms with Gasteiger partial charge in [-0.2, -0.15) is 0 Å². The molecule has 0 nitrogen and oxygen atoms in total. The van der Waals surface area contributed by atoms with E-state index in [1.165, 1.54) is 0 Å². The quantitative estimate of drug-likeness (QED) is 0.217. The third-order valence-corrected chi connectivity index (χ3v) is 15.1. The largest absolute Gasteiger partial charge is 0.0602 e. The van der Waals surface area contributed by atoms with Crippen molar-refractivity contribution in [1.82, 2.24) is 0 Å². The summed E-state index contributed by atoms with van der Waals surface area (Å²) in [5.74, 6) is 1.51. The van der Waals surface area contributed by atoms with Gasteiger partial charge in [0, 0.05) is 62.6 Å². The van der Waals surface area contributed by atoms with E-state index in [0.29, 0.717) is 31.3 Å². The minimum Gasteiger partial charge on any atom is -0.0602 e. The molecule has 0 radical (unpaired) electrons. The molecule has 0 bridgehead atoms. The summed E-state index contributed by atoms with van der Waals surface area (Å²) in [5, 5.41) is 12.2. The van der Waals surface area contributed by atoms with Gasteiger partial charge in [-0.1, -0.05) is 223 Å². The van der Waals surface area contributed by atoms with Crippen LogP contribution in [0.3, 0.4) is 0 Å². The van der Waals surface area contributed by atoms with E-state index < -0.39 is 0 Å². The lowest BCUT2D eigenvalue weighted by molar-refractivity contribution is 0.864. The highest BCUT2D eigenvalue weighted by Crippen LogP contribution is 2.13. The van der Waals surface area contributed by atoms with Crippen molar-refractivity contribution in [3.05, 3.63) is 271 Å². The molecule has 0 unspecified atom stereocenters. The average Bonchev–Trinajstić information content (AvgIpc) is 2.24. The lowest BCUT2D eigenvalue weighted by Gasteiger charge is -2.03. The summed E-state index contributed by atoms with van der Waals surface area (Å²) in [4.78, 5) is 0. The molecule has 0 atom stereocenters. The molecule has 7 aromatic rings. The van der Waals surface area contributed by atoms with E-state index in [9.17, 15) is 0 Å². The van der Waals surface area contributed by atoms with Crippen LogP contribution in [0.25, 0.3) is 103 Å². The van der Waals surface area contributed by atoms with Crippen LogP contribution in [0.5, 0.6) is 0 Å². The van der Waals surface area contributed by atoms with Crippen LogP contribution in [0.15, 0.2) is 144 Å². The first-order valence-electron chi connectivity index (χ1n) is 28.8. The molecule has 0 heterocycles. The molecule has 0 aromatic heterocycles. The first-order chi connectivity index (χ1) is 40.6. The highest BCUT2D eigenvalue weighted by atomic mass is 14.1. The van der Waals surface area contributed by atoms with E-state index in [1.54, 1.807) is 0 Å². The Morgan fingerprint density at radius 2 is 0.310 bits per heavy atom. The van der Waals surface area contributed by atoms with E-state index in [0.717, 1.165) is 96.0 Å². The summed E-state index contributed by atoms with van der Waals surface area (Å²) in [6, 6.07) is 37.8. The van der Waals surface area contributed by atoms with Gasteiger partial charge >= 0.3 is 0 Å². The van der Waals surface area contributed by atoms with E-state index in [-0.39, 0.29) is 35.5 Å². The van der Waals surface area contributed by atoms with Crippen molar-refractivity contribution in [1.29, 1.82) is 0 Å². The minimum atomic E-state index is 0.251. The highest BCUT2D eigenvalue weighted by molar-refractivity contribution is 5.57. The molecular formula is C84H60. The normalized spacial score (nSPS) is 11.5. The summed E-state index contributed by atoms with van der Waals surface area (Å²) >= 11 is 0. The van der Waals surface area contributed by atoms with E-state index in [1.807, 2.05) is 0 Å². The van der Waals surface area contributed by atoms with Crippen LogP contribution in [-0.4, -0.2) is 0 Å². The predicted molar refractivity (Wildman–Crippen MR) is 345 cm³/mol. The molecular weight excluding hydrogens is 1010 g/mol. The standard InChI is InChI=1S/C84H60/c1-55(2)67-31-25-61-37-43-79-80(44-38-62-26-32-68(56(3)4)50-74(62)20-14-13-19-73(61)49-67)82-46-40-64-28-34-70(58(7)8)53-77(64)23-17-18-24-78-54-72(60(11)12)36-30-66(78)42-48-84(82)83-47-41-65-29-35-71(59(9)10)52-76(65)22-16-15-21-75-51-69(57(5)6)33-27-63(75)39-45-81(79)83/h25-36,49-60H,1-12H3. The van der Waals surface area contributed by atoms with Gasteiger partial charge in [-0.3, -0.25) is 0 Å². The van der Waals surface area contributed by atoms with Gasteiger partial charge < -0.3 is 0 Å². The Hall–Kier alpha value is -10.7. The first kappa shape index (κ1) is 56.5. The van der Waals surface area contributed by atoms with Gasteiger partial charge in [-0.05, 0) is 176 Å². The van der Waals surface area contributed by atoms with Crippen LogP contribution in [0, 0.1) is 0 Å². The summed E-state index contributed by atoms with van der Waals surface area (Å²) in [6.45, 7) is 26.1. The van der Waals surface area contributed by atoms with Crippen LogP contribution in [0.1, 0.15) is 152 Å². The van der Waals surface area contributed by atoms with E-state index >= 15 is 0 Å². The summed E-state index contributed by atoms with van der Waals surface area (Å²) in [5.41, 5.74) is 90.3. The number of rotatable bonds is 6. The van der Waals surface area contributed by atoms with Crippen LogP contribution in [0.4, 0.5) is 0 Å². The zero-order valence-corrected chi connectivity index (χ0v) is 49.9. The Morgan fingerprint density at radius 3 is 0.440 bits per heavy atom. The molecule has 0 saturated heterocycles. The number of benzene rings is 7. The molecule has 0 N–H and O–H groups in total. The molecule has 3 aliphatic carbocycles. The maximum atomic E-state index is 3.71. The number of hydrogen-bond donors (Lipinski definition) is 0. The smallest absolute Gasteiger partial charge is 0.0588 e. The first-order valence-corrected chi connectivity index (χ1v) is 28.8. The second-order valence-electron chi connectivity index (χ2n) is 23.0. The lowest BCUT2D eigenvalue weighted by Crippen LogP contribution is -2.64. The van der Waals surface area contributed by atoms with Crippen molar-refractivity contribution < 1.29 is 0 Å². The molecule has 10 rings (SSSR count). The van der Waals surface area contributed by atoms with Crippen LogP contribution < -0.4 is 93.9 Å². The Labute approximate surface area is 489 Å². The fourth-order valence-electron chi connectivity index (χ4n) is 9.67. The Morgan fingerprint density at radius 1 is 0.167 bits per heavy atom. The summed E-state index contributed by atoms with van der Waals surface area (Å²) < 4.78 is 0.